The summed E-state index contributed by atoms with van der Waals surface area (Å²) in [5.74, 6) is -0.270. The number of ketones is 1. The molecule has 4 amide bonds. The highest BCUT2D eigenvalue weighted by Gasteiger charge is 2.39. The third kappa shape index (κ3) is 6.26. The van der Waals surface area contributed by atoms with Gasteiger partial charge in [-0.15, -0.1) is 0 Å². The summed E-state index contributed by atoms with van der Waals surface area (Å²) in [5.41, 5.74) is 4.48. The zero-order valence-electron chi connectivity index (χ0n) is 20.7. The summed E-state index contributed by atoms with van der Waals surface area (Å²) in [6.45, 7) is 6.90. The van der Waals surface area contributed by atoms with E-state index in [9.17, 15) is 24.0 Å². The highest BCUT2D eigenvalue weighted by molar-refractivity contribution is 5.89. The van der Waals surface area contributed by atoms with Gasteiger partial charge in [0, 0.05) is 38.3 Å². The Bertz CT molecular complexity index is 1220. The molecule has 2 heterocycles. The Kier molecular flexibility index (Phi) is 7.76. The number of carbonyl (C=O) groups is 4. The fourth-order valence-corrected chi connectivity index (χ4v) is 4.03. The number of primary amides is 1. The first-order chi connectivity index (χ1) is 16.9. The number of carbonyl (C=O) groups excluding carboxylic acids is 4. The van der Waals surface area contributed by atoms with Gasteiger partial charge in [0.1, 0.15) is 11.6 Å². The predicted octanol–water partition coefficient (Wildman–Crippen LogP) is 1.30. The van der Waals surface area contributed by atoms with E-state index in [1.807, 2.05) is 0 Å². The van der Waals surface area contributed by atoms with Crippen LogP contribution in [-0.4, -0.2) is 74.4 Å². The van der Waals surface area contributed by atoms with E-state index in [4.69, 9.17) is 10.5 Å². The van der Waals surface area contributed by atoms with Crippen molar-refractivity contribution in [3.05, 3.63) is 52.6 Å². The molecule has 0 radical (unpaired) electrons. The molecule has 3 rings (SSSR count). The lowest BCUT2D eigenvalue weighted by Crippen LogP contribution is -2.60. The van der Waals surface area contributed by atoms with E-state index in [0.717, 1.165) is 5.56 Å². The summed E-state index contributed by atoms with van der Waals surface area (Å²) < 4.78 is 6.25. The number of urea groups is 1. The van der Waals surface area contributed by atoms with Crippen LogP contribution in [-0.2, 0) is 20.7 Å². The lowest BCUT2D eigenvalue weighted by atomic mass is 10.1. The largest absolute Gasteiger partial charge is 0.434 e. The molecule has 1 aromatic carbocycles. The number of ether oxygens (including phenoxy) is 1. The fourth-order valence-electron chi connectivity index (χ4n) is 4.03. The highest BCUT2D eigenvalue weighted by Crippen LogP contribution is 2.19. The molecule has 2 aromatic rings. The van der Waals surface area contributed by atoms with Crippen molar-refractivity contribution in [2.75, 3.05) is 25.0 Å². The van der Waals surface area contributed by atoms with Crippen LogP contribution in [0.15, 0.2) is 41.3 Å². The molecule has 36 heavy (non-hydrogen) atoms. The van der Waals surface area contributed by atoms with Gasteiger partial charge in [0.05, 0.1) is 5.69 Å². The van der Waals surface area contributed by atoms with Crippen LogP contribution >= 0.6 is 0 Å². The molecule has 1 saturated heterocycles. The first kappa shape index (κ1) is 26.4. The molecular weight excluding hydrogens is 468 g/mol. The number of piperazine rings is 1. The molecule has 0 aliphatic carbocycles. The maximum Gasteiger partial charge on any atom is 0.405 e. The minimum atomic E-state index is -1.42. The van der Waals surface area contributed by atoms with Gasteiger partial charge in [0.15, 0.2) is 5.60 Å². The van der Waals surface area contributed by atoms with Crippen molar-refractivity contribution in [2.24, 2.45) is 5.73 Å². The molecule has 0 spiro atoms. The van der Waals surface area contributed by atoms with Crippen molar-refractivity contribution in [3.63, 3.8) is 0 Å². The monoisotopic (exact) mass is 498 g/mol. The summed E-state index contributed by atoms with van der Waals surface area (Å²) >= 11 is 0. The van der Waals surface area contributed by atoms with E-state index >= 15 is 0 Å². The molecule has 1 atom stereocenters. The zero-order valence-corrected chi connectivity index (χ0v) is 20.7. The molecule has 192 valence electrons. The Morgan fingerprint density at radius 3 is 2.36 bits per heavy atom. The second kappa shape index (κ2) is 10.6. The Hall–Kier alpha value is -4.22. The van der Waals surface area contributed by atoms with Crippen molar-refractivity contribution < 1.29 is 23.9 Å². The molecule has 3 N–H and O–H groups in total. The molecular formula is C24H30N6O6. The van der Waals surface area contributed by atoms with Crippen LogP contribution in [0.1, 0.15) is 33.3 Å². The van der Waals surface area contributed by atoms with Crippen LogP contribution in [0.3, 0.4) is 0 Å². The van der Waals surface area contributed by atoms with E-state index in [2.05, 4.69) is 10.3 Å². The number of hydrogen-bond acceptors (Lipinski definition) is 7. The second-order valence-corrected chi connectivity index (χ2v) is 9.17. The molecule has 1 aliphatic heterocycles. The average Bonchev–Trinajstić information content (AvgIpc) is 2.78. The number of amides is 4. The normalized spacial score (nSPS) is 15.8. The topological polar surface area (TPSA) is 157 Å². The minimum Gasteiger partial charge on any atom is -0.434 e. The molecule has 0 unspecified atom stereocenters. The van der Waals surface area contributed by atoms with Gasteiger partial charge in [-0.05, 0) is 51.5 Å². The van der Waals surface area contributed by atoms with Crippen LogP contribution in [0.2, 0.25) is 0 Å². The molecule has 0 saturated carbocycles. The van der Waals surface area contributed by atoms with Gasteiger partial charge in [0.2, 0.25) is 0 Å². The number of aromatic nitrogens is 2. The van der Waals surface area contributed by atoms with Gasteiger partial charge in [-0.3, -0.25) is 19.5 Å². The number of nitrogens with zero attached hydrogens (tertiary/aromatic N) is 4. The predicted molar refractivity (Wildman–Crippen MR) is 131 cm³/mol. The Labute approximate surface area is 208 Å². The Morgan fingerprint density at radius 2 is 1.81 bits per heavy atom. The number of anilines is 1. The summed E-state index contributed by atoms with van der Waals surface area (Å²) in [5, 5.41) is 2.63. The van der Waals surface area contributed by atoms with Gasteiger partial charge in [0.25, 0.3) is 5.91 Å². The summed E-state index contributed by atoms with van der Waals surface area (Å²) in [6, 6.07) is 7.69. The van der Waals surface area contributed by atoms with E-state index in [0.29, 0.717) is 12.1 Å². The van der Waals surface area contributed by atoms with E-state index in [1.54, 1.807) is 31.2 Å². The van der Waals surface area contributed by atoms with E-state index in [-0.39, 0.29) is 37.3 Å². The van der Waals surface area contributed by atoms with E-state index < -0.39 is 29.3 Å². The third-order valence-corrected chi connectivity index (χ3v) is 5.75. The van der Waals surface area contributed by atoms with Crippen molar-refractivity contribution in [3.8, 4) is 5.69 Å². The maximum atomic E-state index is 12.8. The standard InChI is InChI=1S/C24H30N6O6/c1-15-14-28(20(32)24(3,4)36-21(25)33)11-12-29(15)22(34)26-19-9-10-30(23(35)27-19)18-7-5-17(6-8-18)13-16(2)31/h5-10,15H,11-14H2,1-4H3,(H2,25,33)(H,26,27,34,35)/t15-/m1/s1. The number of nitrogens with one attached hydrogen (secondary N) is 1. The van der Waals surface area contributed by atoms with E-state index in [1.165, 1.54) is 47.4 Å². The van der Waals surface area contributed by atoms with Gasteiger partial charge in [-0.2, -0.15) is 4.98 Å². The van der Waals surface area contributed by atoms with Gasteiger partial charge < -0.3 is 20.3 Å². The van der Waals surface area contributed by atoms with Crippen LogP contribution in [0.25, 0.3) is 5.69 Å². The maximum absolute atomic E-state index is 12.8. The Morgan fingerprint density at radius 1 is 1.14 bits per heavy atom. The fraction of sp³-hybridized carbons (Fsp3) is 0.417. The summed E-state index contributed by atoms with van der Waals surface area (Å²) in [4.78, 5) is 67.5. The van der Waals surface area contributed by atoms with Crippen molar-refractivity contribution in [1.82, 2.24) is 19.4 Å². The molecule has 1 aromatic heterocycles. The molecule has 12 nitrogen and oxygen atoms in total. The smallest absolute Gasteiger partial charge is 0.405 e. The first-order valence-corrected chi connectivity index (χ1v) is 11.4. The quantitative estimate of drug-likeness (QED) is 0.608. The number of rotatable bonds is 6. The van der Waals surface area contributed by atoms with Gasteiger partial charge in [-0.25, -0.2) is 14.4 Å². The first-order valence-electron chi connectivity index (χ1n) is 11.4. The SMILES string of the molecule is CC(=O)Cc1ccc(-n2ccc(NC(=O)N3CCN(C(=O)C(C)(C)OC(N)=O)C[C@H]3C)nc2=O)cc1. The summed E-state index contributed by atoms with van der Waals surface area (Å²) in [6.07, 6.45) is 0.781. The third-order valence-electron chi connectivity index (χ3n) is 5.75. The van der Waals surface area contributed by atoms with Crippen molar-refractivity contribution >= 4 is 29.6 Å². The molecule has 1 aliphatic rings. The van der Waals surface area contributed by atoms with Crippen LogP contribution in [0.5, 0.6) is 0 Å². The highest BCUT2D eigenvalue weighted by atomic mass is 16.6. The number of Topliss-reactive ketones (excluding diaryl/α,β-unsaturated/α-hetero) is 1. The number of hydrogen-bond donors (Lipinski definition) is 2. The van der Waals surface area contributed by atoms with Crippen molar-refractivity contribution in [2.45, 2.75) is 45.8 Å². The Balaban J connectivity index is 1.63. The van der Waals surface area contributed by atoms with Gasteiger partial charge in [-0.1, -0.05) is 12.1 Å². The van der Waals surface area contributed by atoms with Crippen LogP contribution in [0.4, 0.5) is 15.4 Å². The molecule has 12 heteroatoms. The molecule has 1 fully saturated rings. The second-order valence-electron chi connectivity index (χ2n) is 9.17. The lowest BCUT2D eigenvalue weighted by molar-refractivity contribution is -0.150. The van der Waals surface area contributed by atoms with Crippen LogP contribution < -0.4 is 16.7 Å². The van der Waals surface area contributed by atoms with Crippen LogP contribution in [0, 0.1) is 0 Å². The minimum absolute atomic E-state index is 0.0462. The van der Waals surface area contributed by atoms with Gasteiger partial charge >= 0.3 is 17.8 Å². The average molecular weight is 499 g/mol. The number of benzene rings is 1. The molecule has 0 bridgehead atoms. The summed E-state index contributed by atoms with van der Waals surface area (Å²) in [7, 11) is 0. The zero-order chi connectivity index (χ0) is 26.6. The lowest BCUT2D eigenvalue weighted by Gasteiger charge is -2.41. The van der Waals surface area contributed by atoms with Crippen molar-refractivity contribution in [1.29, 1.82) is 0 Å². The number of nitrogens with two attached hydrogens (primary N) is 1.